The van der Waals surface area contributed by atoms with Crippen molar-refractivity contribution >= 4 is 12.0 Å². The smallest absolute Gasteiger partial charge is 0.330 e. The summed E-state index contributed by atoms with van der Waals surface area (Å²) in [6, 6.07) is 7.26. The predicted octanol–water partition coefficient (Wildman–Crippen LogP) is 1.24. The zero-order valence-corrected chi connectivity index (χ0v) is 11.1. The molecule has 6 heteroatoms. The van der Waals surface area contributed by atoms with Crippen LogP contribution in [0.25, 0.3) is 0 Å². The molecule has 0 radical (unpaired) electrons. The monoisotopic (exact) mass is 278 g/mol. The lowest BCUT2D eigenvalue weighted by molar-refractivity contribution is -0.139. The molecule has 1 saturated heterocycles. The molecule has 1 heterocycles. The van der Waals surface area contributed by atoms with Crippen molar-refractivity contribution in [2.45, 2.75) is 12.5 Å². The Morgan fingerprint density at radius 2 is 1.95 bits per heavy atom. The highest BCUT2D eigenvalue weighted by atomic mass is 16.5. The summed E-state index contributed by atoms with van der Waals surface area (Å²) < 4.78 is 5.27. The standard InChI is InChI=1S/C14H18N2O4/c17-13(18)12(11-5-2-1-3-6-11)15-14(19)16-7-4-9-20-10-8-16/h1-3,5-6,12H,4,7-10H2,(H,15,19)(H,17,18). The first kappa shape index (κ1) is 14.3. The Morgan fingerprint density at radius 1 is 1.20 bits per heavy atom. The van der Waals surface area contributed by atoms with Gasteiger partial charge in [0, 0.05) is 19.7 Å². The van der Waals surface area contributed by atoms with Crippen molar-refractivity contribution in [1.82, 2.24) is 10.2 Å². The summed E-state index contributed by atoms with van der Waals surface area (Å²) in [5.74, 6) is -1.07. The van der Waals surface area contributed by atoms with Crippen LogP contribution < -0.4 is 5.32 Å². The molecule has 2 amide bonds. The third-order valence-corrected chi connectivity index (χ3v) is 3.16. The normalized spacial score (nSPS) is 17.1. The number of urea groups is 1. The molecular weight excluding hydrogens is 260 g/mol. The largest absolute Gasteiger partial charge is 0.479 e. The Hall–Kier alpha value is -2.08. The van der Waals surface area contributed by atoms with Gasteiger partial charge in [-0.05, 0) is 12.0 Å². The number of carbonyl (C=O) groups is 2. The molecule has 1 fully saturated rings. The van der Waals surface area contributed by atoms with E-state index in [-0.39, 0.29) is 6.03 Å². The van der Waals surface area contributed by atoms with Crippen LogP contribution in [0.5, 0.6) is 0 Å². The number of ether oxygens (including phenoxy) is 1. The van der Waals surface area contributed by atoms with Crippen molar-refractivity contribution in [2.24, 2.45) is 0 Å². The average molecular weight is 278 g/mol. The molecule has 0 spiro atoms. The minimum Gasteiger partial charge on any atom is -0.479 e. The number of benzene rings is 1. The van der Waals surface area contributed by atoms with Crippen LogP contribution in [0.4, 0.5) is 4.79 Å². The number of nitrogens with zero attached hydrogens (tertiary/aromatic N) is 1. The molecule has 20 heavy (non-hydrogen) atoms. The Bertz CT molecular complexity index is 456. The van der Waals surface area contributed by atoms with E-state index in [9.17, 15) is 14.7 Å². The Morgan fingerprint density at radius 3 is 2.65 bits per heavy atom. The molecule has 0 bridgehead atoms. The van der Waals surface area contributed by atoms with Gasteiger partial charge < -0.3 is 20.1 Å². The van der Waals surface area contributed by atoms with Crippen LogP contribution in [-0.4, -0.2) is 48.3 Å². The molecular formula is C14H18N2O4. The van der Waals surface area contributed by atoms with E-state index in [4.69, 9.17) is 4.74 Å². The van der Waals surface area contributed by atoms with Gasteiger partial charge in [0.25, 0.3) is 0 Å². The number of aliphatic carboxylic acids is 1. The summed E-state index contributed by atoms with van der Waals surface area (Å²) in [6.07, 6.45) is 0.760. The molecule has 2 N–H and O–H groups in total. The number of carboxylic acids is 1. The third-order valence-electron chi connectivity index (χ3n) is 3.16. The second-order valence-electron chi connectivity index (χ2n) is 4.58. The Balaban J connectivity index is 2.04. The molecule has 0 saturated carbocycles. The van der Waals surface area contributed by atoms with Crippen LogP contribution >= 0.6 is 0 Å². The van der Waals surface area contributed by atoms with Crippen LogP contribution in [0.1, 0.15) is 18.0 Å². The van der Waals surface area contributed by atoms with Crippen molar-refractivity contribution in [3.8, 4) is 0 Å². The summed E-state index contributed by atoms with van der Waals surface area (Å²) in [4.78, 5) is 25.1. The fourth-order valence-corrected chi connectivity index (χ4v) is 2.10. The molecule has 108 valence electrons. The maximum atomic E-state index is 12.1. The van der Waals surface area contributed by atoms with Crippen LogP contribution in [0.3, 0.4) is 0 Å². The number of amides is 2. The van der Waals surface area contributed by atoms with E-state index < -0.39 is 12.0 Å². The maximum absolute atomic E-state index is 12.1. The number of hydrogen-bond donors (Lipinski definition) is 2. The van der Waals surface area contributed by atoms with Gasteiger partial charge in [0.15, 0.2) is 6.04 Å². The van der Waals surface area contributed by atoms with Crippen LogP contribution in [0.15, 0.2) is 30.3 Å². The number of hydrogen-bond acceptors (Lipinski definition) is 3. The van der Waals surface area contributed by atoms with E-state index in [1.165, 1.54) is 0 Å². The molecule has 1 atom stereocenters. The average Bonchev–Trinajstić information content (AvgIpc) is 2.74. The predicted molar refractivity (Wildman–Crippen MR) is 72.4 cm³/mol. The molecule has 1 aromatic carbocycles. The highest BCUT2D eigenvalue weighted by Gasteiger charge is 2.25. The quantitative estimate of drug-likeness (QED) is 0.872. The van der Waals surface area contributed by atoms with Crippen molar-refractivity contribution in [1.29, 1.82) is 0 Å². The number of carbonyl (C=O) groups excluding carboxylic acids is 1. The molecule has 0 aliphatic carbocycles. The van der Waals surface area contributed by atoms with Crippen molar-refractivity contribution < 1.29 is 19.4 Å². The van der Waals surface area contributed by atoms with E-state index >= 15 is 0 Å². The van der Waals surface area contributed by atoms with E-state index in [0.717, 1.165) is 6.42 Å². The lowest BCUT2D eigenvalue weighted by atomic mass is 10.1. The van der Waals surface area contributed by atoms with Crippen molar-refractivity contribution in [3.05, 3.63) is 35.9 Å². The summed E-state index contributed by atoms with van der Waals surface area (Å²) in [5.41, 5.74) is 0.555. The van der Waals surface area contributed by atoms with Gasteiger partial charge in [-0.2, -0.15) is 0 Å². The zero-order chi connectivity index (χ0) is 14.4. The van der Waals surface area contributed by atoms with Gasteiger partial charge in [0.1, 0.15) is 0 Å². The minimum absolute atomic E-state index is 0.369. The van der Waals surface area contributed by atoms with Crippen LogP contribution in [-0.2, 0) is 9.53 Å². The topological polar surface area (TPSA) is 78.9 Å². The van der Waals surface area contributed by atoms with Gasteiger partial charge in [0.2, 0.25) is 0 Å². The van der Waals surface area contributed by atoms with Crippen molar-refractivity contribution in [2.75, 3.05) is 26.3 Å². The van der Waals surface area contributed by atoms with Gasteiger partial charge in [0.05, 0.1) is 6.61 Å². The molecule has 2 rings (SSSR count). The first-order valence-corrected chi connectivity index (χ1v) is 6.59. The minimum atomic E-state index is -1.07. The fraction of sp³-hybridized carbons (Fsp3) is 0.429. The Labute approximate surface area is 117 Å². The van der Waals surface area contributed by atoms with Gasteiger partial charge in [-0.1, -0.05) is 30.3 Å². The van der Waals surface area contributed by atoms with Gasteiger partial charge in [-0.15, -0.1) is 0 Å². The lowest BCUT2D eigenvalue weighted by Gasteiger charge is -2.23. The maximum Gasteiger partial charge on any atom is 0.330 e. The third kappa shape index (κ3) is 3.71. The van der Waals surface area contributed by atoms with E-state index in [2.05, 4.69) is 5.32 Å². The van der Waals surface area contributed by atoms with E-state index in [1.807, 2.05) is 0 Å². The zero-order valence-electron chi connectivity index (χ0n) is 11.1. The summed E-state index contributed by atoms with van der Waals surface area (Å²) in [5, 5.41) is 11.8. The molecule has 1 aliphatic rings. The number of nitrogens with one attached hydrogen (secondary N) is 1. The van der Waals surface area contributed by atoms with Gasteiger partial charge in [-0.3, -0.25) is 0 Å². The molecule has 0 aromatic heterocycles. The first-order valence-electron chi connectivity index (χ1n) is 6.59. The fourth-order valence-electron chi connectivity index (χ4n) is 2.10. The molecule has 1 aliphatic heterocycles. The lowest BCUT2D eigenvalue weighted by Crippen LogP contribution is -2.44. The highest BCUT2D eigenvalue weighted by molar-refractivity contribution is 5.83. The highest BCUT2D eigenvalue weighted by Crippen LogP contribution is 2.13. The summed E-state index contributed by atoms with van der Waals surface area (Å²) >= 11 is 0. The molecule has 1 aromatic rings. The first-order chi connectivity index (χ1) is 9.68. The summed E-state index contributed by atoms with van der Waals surface area (Å²) in [7, 11) is 0. The number of carboxylic acid groups (broad SMARTS) is 1. The molecule has 1 unspecified atom stereocenters. The van der Waals surface area contributed by atoms with Gasteiger partial charge >= 0.3 is 12.0 Å². The SMILES string of the molecule is O=C(O)C(NC(=O)N1CCCOCC1)c1ccccc1. The summed E-state index contributed by atoms with van der Waals surface area (Å²) in [6.45, 7) is 2.17. The Kier molecular flexibility index (Phi) is 4.95. The van der Waals surface area contributed by atoms with Crippen LogP contribution in [0.2, 0.25) is 0 Å². The van der Waals surface area contributed by atoms with Crippen LogP contribution in [0, 0.1) is 0 Å². The van der Waals surface area contributed by atoms with E-state index in [0.29, 0.717) is 31.9 Å². The second kappa shape index (κ2) is 6.91. The second-order valence-corrected chi connectivity index (χ2v) is 4.58. The van der Waals surface area contributed by atoms with Crippen molar-refractivity contribution in [3.63, 3.8) is 0 Å². The van der Waals surface area contributed by atoms with Gasteiger partial charge in [-0.25, -0.2) is 9.59 Å². The van der Waals surface area contributed by atoms with E-state index in [1.54, 1.807) is 35.2 Å². The molecule has 6 nitrogen and oxygen atoms in total. The number of rotatable bonds is 3.